The molecule has 0 aromatic carbocycles. The second-order valence-electron chi connectivity index (χ2n) is 5.28. The SMILES string of the molecule is COc1cc(NCC2CCC(C(=O)O)CC2)nc(C)n1. The number of methoxy groups -OCH3 is 1. The maximum atomic E-state index is 10.9. The monoisotopic (exact) mass is 279 g/mol. The summed E-state index contributed by atoms with van der Waals surface area (Å²) in [5.74, 6) is 1.66. The number of hydrogen-bond acceptors (Lipinski definition) is 5. The number of ether oxygens (including phenoxy) is 1. The van der Waals surface area contributed by atoms with E-state index in [9.17, 15) is 4.79 Å². The third-order valence-electron chi connectivity index (χ3n) is 3.79. The molecule has 6 nitrogen and oxygen atoms in total. The van der Waals surface area contributed by atoms with E-state index >= 15 is 0 Å². The molecule has 2 rings (SSSR count). The largest absolute Gasteiger partial charge is 0.481 e. The highest BCUT2D eigenvalue weighted by Crippen LogP contribution is 2.29. The van der Waals surface area contributed by atoms with Gasteiger partial charge < -0.3 is 15.2 Å². The fourth-order valence-electron chi connectivity index (χ4n) is 2.60. The minimum Gasteiger partial charge on any atom is -0.481 e. The van der Waals surface area contributed by atoms with Crippen molar-refractivity contribution < 1.29 is 14.6 Å². The van der Waals surface area contributed by atoms with Crippen LogP contribution in [0.1, 0.15) is 31.5 Å². The van der Waals surface area contributed by atoms with Crippen LogP contribution in [0.3, 0.4) is 0 Å². The third kappa shape index (κ3) is 3.82. The van der Waals surface area contributed by atoms with Crippen molar-refractivity contribution >= 4 is 11.8 Å². The molecule has 2 N–H and O–H groups in total. The highest BCUT2D eigenvalue weighted by molar-refractivity contribution is 5.70. The van der Waals surface area contributed by atoms with Crippen LogP contribution in [0.4, 0.5) is 5.82 Å². The molecule has 0 bridgehead atoms. The Hall–Kier alpha value is -1.85. The van der Waals surface area contributed by atoms with Crippen LogP contribution in [0, 0.1) is 18.8 Å². The van der Waals surface area contributed by atoms with Crippen molar-refractivity contribution in [3.63, 3.8) is 0 Å². The second-order valence-corrected chi connectivity index (χ2v) is 5.28. The van der Waals surface area contributed by atoms with Crippen LogP contribution < -0.4 is 10.1 Å². The van der Waals surface area contributed by atoms with Gasteiger partial charge in [0.25, 0.3) is 0 Å². The summed E-state index contributed by atoms with van der Waals surface area (Å²) >= 11 is 0. The fourth-order valence-corrected chi connectivity index (χ4v) is 2.60. The molecular weight excluding hydrogens is 258 g/mol. The van der Waals surface area contributed by atoms with Gasteiger partial charge in [-0.25, -0.2) is 4.98 Å². The summed E-state index contributed by atoms with van der Waals surface area (Å²) in [6.07, 6.45) is 3.44. The zero-order chi connectivity index (χ0) is 14.5. The third-order valence-corrected chi connectivity index (χ3v) is 3.79. The molecule has 1 aliphatic carbocycles. The molecule has 1 aromatic rings. The predicted octanol–water partition coefficient (Wildman–Crippen LogP) is 2.10. The quantitative estimate of drug-likeness (QED) is 0.858. The number of carbonyl (C=O) groups is 1. The normalized spacial score (nSPS) is 22.3. The number of hydrogen-bond donors (Lipinski definition) is 2. The van der Waals surface area contributed by atoms with Gasteiger partial charge in [-0.2, -0.15) is 4.98 Å². The first-order chi connectivity index (χ1) is 9.58. The van der Waals surface area contributed by atoms with Crippen molar-refractivity contribution in [1.82, 2.24) is 9.97 Å². The minimum atomic E-state index is -0.660. The predicted molar refractivity (Wildman–Crippen MR) is 74.9 cm³/mol. The lowest BCUT2D eigenvalue weighted by molar-refractivity contribution is -0.143. The van der Waals surface area contributed by atoms with Gasteiger partial charge in [-0.05, 0) is 38.5 Å². The second kappa shape index (κ2) is 6.54. The van der Waals surface area contributed by atoms with Crippen LogP contribution in [-0.4, -0.2) is 34.7 Å². The zero-order valence-corrected chi connectivity index (χ0v) is 11.9. The Labute approximate surface area is 118 Å². The Kier molecular flexibility index (Phi) is 4.76. The molecule has 0 atom stereocenters. The van der Waals surface area contributed by atoms with E-state index in [1.54, 1.807) is 13.2 Å². The van der Waals surface area contributed by atoms with Crippen molar-refractivity contribution in [3.05, 3.63) is 11.9 Å². The topological polar surface area (TPSA) is 84.3 Å². The molecular formula is C14H21N3O3. The van der Waals surface area contributed by atoms with Gasteiger partial charge in [-0.3, -0.25) is 4.79 Å². The Morgan fingerprint density at radius 1 is 1.40 bits per heavy atom. The van der Waals surface area contributed by atoms with E-state index < -0.39 is 5.97 Å². The molecule has 20 heavy (non-hydrogen) atoms. The Morgan fingerprint density at radius 2 is 2.10 bits per heavy atom. The van der Waals surface area contributed by atoms with Crippen LogP contribution in [0.2, 0.25) is 0 Å². The van der Waals surface area contributed by atoms with Crippen molar-refractivity contribution in [3.8, 4) is 5.88 Å². The molecule has 1 aliphatic rings. The maximum absolute atomic E-state index is 10.9. The lowest BCUT2D eigenvalue weighted by Gasteiger charge is -2.26. The van der Waals surface area contributed by atoms with E-state index in [0.29, 0.717) is 17.6 Å². The number of carboxylic acids is 1. The van der Waals surface area contributed by atoms with Gasteiger partial charge in [0.05, 0.1) is 13.0 Å². The van der Waals surface area contributed by atoms with Gasteiger partial charge in [0, 0.05) is 12.6 Å². The summed E-state index contributed by atoms with van der Waals surface area (Å²) in [4.78, 5) is 19.4. The van der Waals surface area contributed by atoms with Crippen molar-refractivity contribution in [2.24, 2.45) is 11.8 Å². The molecule has 0 unspecified atom stereocenters. The number of aryl methyl sites for hydroxylation is 1. The lowest BCUT2D eigenvalue weighted by atomic mass is 9.82. The van der Waals surface area contributed by atoms with E-state index in [4.69, 9.17) is 9.84 Å². The number of anilines is 1. The minimum absolute atomic E-state index is 0.160. The smallest absolute Gasteiger partial charge is 0.306 e. The molecule has 1 fully saturated rings. The number of rotatable bonds is 5. The zero-order valence-electron chi connectivity index (χ0n) is 11.9. The first-order valence-corrected chi connectivity index (χ1v) is 6.95. The van der Waals surface area contributed by atoms with Gasteiger partial charge >= 0.3 is 5.97 Å². The van der Waals surface area contributed by atoms with Gasteiger partial charge in [0.15, 0.2) is 0 Å². The van der Waals surface area contributed by atoms with Crippen LogP contribution in [0.15, 0.2) is 6.07 Å². The van der Waals surface area contributed by atoms with E-state index in [1.807, 2.05) is 6.92 Å². The van der Waals surface area contributed by atoms with E-state index in [0.717, 1.165) is 38.0 Å². The summed E-state index contributed by atoms with van der Waals surface area (Å²) in [5.41, 5.74) is 0. The van der Waals surface area contributed by atoms with Crippen LogP contribution >= 0.6 is 0 Å². The van der Waals surface area contributed by atoms with E-state index in [2.05, 4.69) is 15.3 Å². The maximum Gasteiger partial charge on any atom is 0.306 e. The van der Waals surface area contributed by atoms with E-state index in [-0.39, 0.29) is 5.92 Å². The van der Waals surface area contributed by atoms with Crippen molar-refractivity contribution in [2.75, 3.05) is 19.0 Å². The highest BCUT2D eigenvalue weighted by atomic mass is 16.5. The number of carboxylic acid groups (broad SMARTS) is 1. The molecule has 0 aliphatic heterocycles. The molecule has 1 heterocycles. The van der Waals surface area contributed by atoms with E-state index in [1.165, 1.54) is 0 Å². The summed E-state index contributed by atoms with van der Waals surface area (Å²) in [6.45, 7) is 2.64. The molecule has 1 saturated carbocycles. The van der Waals surface area contributed by atoms with Crippen LogP contribution in [0.5, 0.6) is 5.88 Å². The first kappa shape index (κ1) is 14.6. The fraction of sp³-hybridized carbons (Fsp3) is 0.643. The molecule has 0 radical (unpaired) electrons. The Balaban J connectivity index is 1.84. The number of nitrogens with one attached hydrogen (secondary N) is 1. The van der Waals surface area contributed by atoms with Gasteiger partial charge in [-0.15, -0.1) is 0 Å². The van der Waals surface area contributed by atoms with Crippen molar-refractivity contribution in [2.45, 2.75) is 32.6 Å². The molecule has 110 valence electrons. The molecule has 0 saturated heterocycles. The van der Waals surface area contributed by atoms with Crippen molar-refractivity contribution in [1.29, 1.82) is 0 Å². The van der Waals surface area contributed by atoms with Gasteiger partial charge in [0.2, 0.25) is 5.88 Å². The van der Waals surface area contributed by atoms with Gasteiger partial charge in [-0.1, -0.05) is 0 Å². The molecule has 1 aromatic heterocycles. The first-order valence-electron chi connectivity index (χ1n) is 6.95. The standard InChI is InChI=1S/C14H21N3O3/c1-9-16-12(7-13(17-9)20-2)15-8-10-3-5-11(6-4-10)14(18)19/h7,10-11H,3-6,8H2,1-2H3,(H,18,19)(H,15,16,17). The lowest BCUT2D eigenvalue weighted by Crippen LogP contribution is -2.25. The molecule has 0 amide bonds. The molecule has 0 spiro atoms. The molecule has 6 heteroatoms. The summed E-state index contributed by atoms with van der Waals surface area (Å²) in [6, 6.07) is 1.77. The van der Waals surface area contributed by atoms with Crippen LogP contribution in [0.25, 0.3) is 0 Å². The van der Waals surface area contributed by atoms with Crippen LogP contribution in [-0.2, 0) is 4.79 Å². The number of aromatic nitrogens is 2. The summed E-state index contributed by atoms with van der Waals surface area (Å²) in [7, 11) is 1.58. The Morgan fingerprint density at radius 3 is 2.70 bits per heavy atom. The average Bonchev–Trinajstić information content (AvgIpc) is 2.45. The average molecular weight is 279 g/mol. The highest BCUT2D eigenvalue weighted by Gasteiger charge is 2.25. The summed E-state index contributed by atoms with van der Waals surface area (Å²) < 4.78 is 5.11. The number of nitrogens with zero attached hydrogens (tertiary/aromatic N) is 2. The summed E-state index contributed by atoms with van der Waals surface area (Å²) in [5, 5.41) is 12.3. The Bertz CT molecular complexity index is 471. The number of aliphatic carboxylic acids is 1. The van der Waals surface area contributed by atoms with Gasteiger partial charge in [0.1, 0.15) is 11.6 Å².